The largest absolute Gasteiger partial charge is 0.464 e. The number of carbonyl (C=O) groups excluding carboxylic acids is 1. The summed E-state index contributed by atoms with van der Waals surface area (Å²) in [4.78, 5) is 12.3. The topological polar surface area (TPSA) is 76.0 Å². The molecule has 1 aromatic carbocycles. The third-order valence-corrected chi connectivity index (χ3v) is 6.40. The molecule has 1 aliphatic carbocycles. The molecule has 1 saturated carbocycles. The van der Waals surface area contributed by atoms with Crippen molar-refractivity contribution in [2.75, 3.05) is 20.2 Å². The van der Waals surface area contributed by atoms with Gasteiger partial charge in [0, 0.05) is 18.7 Å². The third kappa shape index (κ3) is 3.39. The number of hydrazone groups is 1. The van der Waals surface area contributed by atoms with Crippen molar-refractivity contribution in [3.05, 3.63) is 29.8 Å². The highest BCUT2D eigenvalue weighted by molar-refractivity contribution is 7.92. The Balaban J connectivity index is 1.89. The number of esters is 1. The highest BCUT2D eigenvalue weighted by atomic mass is 32.2. The zero-order chi connectivity index (χ0) is 16.4. The van der Waals surface area contributed by atoms with Crippen molar-refractivity contribution in [2.24, 2.45) is 5.10 Å². The minimum atomic E-state index is -3.22. The van der Waals surface area contributed by atoms with E-state index >= 15 is 0 Å². The van der Waals surface area contributed by atoms with Crippen LogP contribution in [0.25, 0.3) is 0 Å². The molecule has 0 spiro atoms. The van der Waals surface area contributed by atoms with Gasteiger partial charge >= 0.3 is 5.97 Å². The van der Waals surface area contributed by atoms with Gasteiger partial charge in [-0.15, -0.1) is 0 Å². The van der Waals surface area contributed by atoms with Gasteiger partial charge in [0.2, 0.25) is 0 Å². The molecule has 2 fully saturated rings. The lowest BCUT2D eigenvalue weighted by molar-refractivity contribution is -0.132. The number of hydrogen-bond donors (Lipinski definition) is 0. The van der Waals surface area contributed by atoms with Crippen molar-refractivity contribution in [3.8, 4) is 0 Å². The van der Waals surface area contributed by atoms with Crippen molar-refractivity contribution < 1.29 is 17.9 Å². The van der Waals surface area contributed by atoms with E-state index in [1.807, 2.05) is 5.01 Å². The van der Waals surface area contributed by atoms with Crippen molar-refractivity contribution >= 4 is 21.5 Å². The average molecular weight is 336 g/mol. The quantitative estimate of drug-likeness (QED) is 0.603. The molecule has 0 radical (unpaired) electrons. The zero-order valence-corrected chi connectivity index (χ0v) is 13.9. The maximum absolute atomic E-state index is 12.2. The smallest absolute Gasteiger partial charge is 0.359 e. The molecule has 1 aliphatic heterocycles. The van der Waals surface area contributed by atoms with Gasteiger partial charge in [0.1, 0.15) is 0 Å². The van der Waals surface area contributed by atoms with Gasteiger partial charge in [0.05, 0.1) is 17.3 Å². The van der Waals surface area contributed by atoms with Gasteiger partial charge in [0.15, 0.2) is 15.5 Å². The normalized spacial score (nSPS) is 19.0. The fraction of sp³-hybridized carbons (Fsp3) is 0.500. The van der Waals surface area contributed by atoms with Crippen molar-refractivity contribution in [1.82, 2.24) is 5.01 Å². The molecule has 0 aromatic heterocycles. The van der Waals surface area contributed by atoms with Gasteiger partial charge in [-0.2, -0.15) is 5.10 Å². The molecular weight excluding hydrogens is 316 g/mol. The van der Waals surface area contributed by atoms with Crippen LogP contribution in [0.5, 0.6) is 0 Å². The maximum Gasteiger partial charge on any atom is 0.359 e. The second-order valence-corrected chi connectivity index (χ2v) is 8.10. The Morgan fingerprint density at radius 2 is 1.78 bits per heavy atom. The standard InChI is InChI=1S/C16H20N2O4S/c1-22-16(19)15(17-18-10-2-3-11-18)12-4-6-13(7-5-12)23(20,21)14-8-9-14/h4-7,14H,2-3,8-11H2,1H3. The third-order valence-electron chi connectivity index (χ3n) is 4.12. The maximum atomic E-state index is 12.2. The molecule has 0 bridgehead atoms. The summed E-state index contributed by atoms with van der Waals surface area (Å²) < 4.78 is 29.2. The summed E-state index contributed by atoms with van der Waals surface area (Å²) in [7, 11) is -1.91. The highest BCUT2D eigenvalue weighted by Crippen LogP contribution is 2.33. The van der Waals surface area contributed by atoms with Gasteiger partial charge in [-0.25, -0.2) is 13.2 Å². The number of rotatable bonds is 5. The van der Waals surface area contributed by atoms with Gasteiger partial charge in [0.25, 0.3) is 0 Å². The van der Waals surface area contributed by atoms with Crippen LogP contribution in [0.4, 0.5) is 0 Å². The summed E-state index contributed by atoms with van der Waals surface area (Å²) in [6.45, 7) is 1.63. The molecule has 6 nitrogen and oxygen atoms in total. The fourth-order valence-corrected chi connectivity index (χ4v) is 4.29. The number of carbonyl (C=O) groups is 1. The molecule has 0 amide bonds. The summed E-state index contributed by atoms with van der Waals surface area (Å²) in [5.41, 5.74) is 0.781. The number of ether oxygens (including phenoxy) is 1. The number of nitrogens with zero attached hydrogens (tertiary/aromatic N) is 2. The van der Waals surface area contributed by atoms with Gasteiger partial charge in [-0.1, -0.05) is 12.1 Å². The first-order valence-corrected chi connectivity index (χ1v) is 9.33. The minimum Gasteiger partial charge on any atom is -0.464 e. The van der Waals surface area contributed by atoms with Crippen molar-refractivity contribution in [1.29, 1.82) is 0 Å². The van der Waals surface area contributed by atoms with Crippen LogP contribution >= 0.6 is 0 Å². The molecule has 0 unspecified atom stereocenters. The zero-order valence-electron chi connectivity index (χ0n) is 13.1. The van der Waals surface area contributed by atoms with E-state index in [1.165, 1.54) is 7.11 Å². The molecule has 7 heteroatoms. The Kier molecular flexibility index (Phi) is 4.39. The average Bonchev–Trinajstić information content (AvgIpc) is 3.31. The second-order valence-electron chi connectivity index (χ2n) is 5.87. The van der Waals surface area contributed by atoms with E-state index < -0.39 is 15.8 Å². The summed E-state index contributed by atoms with van der Waals surface area (Å²) in [5, 5.41) is 5.99. The predicted molar refractivity (Wildman–Crippen MR) is 86.0 cm³/mol. The van der Waals surface area contributed by atoms with Crippen LogP contribution < -0.4 is 0 Å². The van der Waals surface area contributed by atoms with E-state index in [-0.39, 0.29) is 11.0 Å². The lowest BCUT2D eigenvalue weighted by Crippen LogP contribution is -2.23. The number of benzene rings is 1. The van der Waals surface area contributed by atoms with Gasteiger partial charge in [-0.3, -0.25) is 5.01 Å². The van der Waals surface area contributed by atoms with Crippen LogP contribution in [0.1, 0.15) is 31.2 Å². The Morgan fingerprint density at radius 3 is 2.30 bits per heavy atom. The van der Waals surface area contributed by atoms with E-state index in [0.717, 1.165) is 38.8 Å². The first kappa shape index (κ1) is 16.0. The first-order chi connectivity index (χ1) is 11.0. The predicted octanol–water partition coefficient (Wildman–Crippen LogP) is 1.60. The van der Waals surface area contributed by atoms with E-state index in [2.05, 4.69) is 5.10 Å². The van der Waals surface area contributed by atoms with Crippen molar-refractivity contribution in [2.45, 2.75) is 35.8 Å². The molecule has 124 valence electrons. The molecule has 23 heavy (non-hydrogen) atoms. The number of hydrogen-bond acceptors (Lipinski definition) is 6. The van der Waals surface area contributed by atoms with E-state index in [9.17, 15) is 13.2 Å². The summed E-state index contributed by atoms with van der Waals surface area (Å²) in [5.74, 6) is -0.519. The van der Waals surface area contributed by atoms with Crippen LogP contribution in [0.3, 0.4) is 0 Å². The summed E-state index contributed by atoms with van der Waals surface area (Å²) in [6, 6.07) is 6.35. The summed E-state index contributed by atoms with van der Waals surface area (Å²) in [6.07, 6.45) is 3.56. The van der Waals surface area contributed by atoms with Crippen LogP contribution in [0.15, 0.2) is 34.3 Å². The van der Waals surface area contributed by atoms with Gasteiger partial charge < -0.3 is 4.74 Å². The Bertz CT molecular complexity index is 715. The first-order valence-electron chi connectivity index (χ1n) is 7.78. The van der Waals surface area contributed by atoms with Crippen molar-refractivity contribution in [3.63, 3.8) is 0 Å². The SMILES string of the molecule is COC(=O)C(=NN1CCCC1)c1ccc(S(=O)(=O)C2CC2)cc1. The Labute approximate surface area is 136 Å². The molecule has 0 N–H and O–H groups in total. The Morgan fingerprint density at radius 1 is 1.17 bits per heavy atom. The van der Waals surface area contributed by atoms with E-state index in [0.29, 0.717) is 10.5 Å². The second kappa shape index (κ2) is 6.31. The molecular formula is C16H20N2O4S. The van der Waals surface area contributed by atoms with Gasteiger partial charge in [-0.05, 0) is 37.8 Å². The fourth-order valence-electron chi connectivity index (χ4n) is 2.63. The number of methoxy groups -OCH3 is 1. The molecule has 2 aliphatic rings. The van der Waals surface area contributed by atoms with Crippen LogP contribution in [-0.4, -0.2) is 50.6 Å². The van der Waals surface area contributed by atoms with Crippen LogP contribution in [0, 0.1) is 0 Å². The lowest BCUT2D eigenvalue weighted by Gasteiger charge is -2.13. The molecule has 1 aromatic rings. The highest BCUT2D eigenvalue weighted by Gasteiger charge is 2.36. The Hall–Kier alpha value is -1.89. The monoisotopic (exact) mass is 336 g/mol. The molecule has 3 rings (SSSR count). The van der Waals surface area contributed by atoms with Crippen LogP contribution in [0.2, 0.25) is 0 Å². The lowest BCUT2D eigenvalue weighted by atomic mass is 10.1. The minimum absolute atomic E-state index is 0.213. The summed E-state index contributed by atoms with van der Waals surface area (Å²) >= 11 is 0. The molecule has 0 atom stereocenters. The van der Waals surface area contributed by atoms with E-state index in [4.69, 9.17) is 4.74 Å². The molecule has 1 heterocycles. The molecule has 1 saturated heterocycles. The van der Waals surface area contributed by atoms with E-state index in [1.54, 1.807) is 24.3 Å². The number of sulfone groups is 1. The van der Waals surface area contributed by atoms with Crippen LogP contribution in [-0.2, 0) is 19.4 Å².